The minimum Gasteiger partial charge on any atom is -0.317 e. The van der Waals surface area contributed by atoms with E-state index < -0.39 is 23.7 Å². The van der Waals surface area contributed by atoms with Gasteiger partial charge in [0.1, 0.15) is 10.9 Å². The van der Waals surface area contributed by atoms with Crippen LogP contribution < -0.4 is 0 Å². The van der Waals surface area contributed by atoms with E-state index in [4.69, 9.17) is 23.2 Å². The molecule has 0 amide bonds. The maximum Gasteiger partial charge on any atom is 0.435 e. The number of aryl methyl sites for hydroxylation is 1. The van der Waals surface area contributed by atoms with Crippen LogP contribution in [0.1, 0.15) is 16.8 Å². The summed E-state index contributed by atoms with van der Waals surface area (Å²) in [4.78, 5) is 15.4. The number of hydrogen-bond donors (Lipinski definition) is 0. The van der Waals surface area contributed by atoms with E-state index in [2.05, 4.69) is 15.1 Å². The van der Waals surface area contributed by atoms with E-state index in [0.717, 1.165) is 28.2 Å². The fourth-order valence-electron chi connectivity index (χ4n) is 1.95. The van der Waals surface area contributed by atoms with Crippen LogP contribution in [0.25, 0.3) is 0 Å². The Kier molecular flexibility index (Phi) is 6.96. The molecule has 0 aliphatic rings. The summed E-state index contributed by atoms with van der Waals surface area (Å²) in [5, 5.41) is 7.50. The predicted molar refractivity (Wildman–Crippen MR) is 93.6 cm³/mol. The molecule has 26 heavy (non-hydrogen) atoms. The molecular formula is C15H12Cl2F3N3O2S. The van der Waals surface area contributed by atoms with Crippen LogP contribution in [-0.2, 0) is 28.6 Å². The number of rotatable bonds is 6. The van der Waals surface area contributed by atoms with E-state index >= 15 is 0 Å². The Bertz CT molecular complexity index is 825. The minimum absolute atomic E-state index is 0.197. The first-order chi connectivity index (χ1) is 12.2. The summed E-state index contributed by atoms with van der Waals surface area (Å²) in [6, 6.07) is 6.99. The number of carbonyl (C=O) groups excluding carboxylic acids is 1. The van der Waals surface area contributed by atoms with Gasteiger partial charge in [-0.05, 0) is 11.6 Å². The number of hydrogen-bond acceptors (Lipinski definition) is 5. The van der Waals surface area contributed by atoms with Crippen molar-refractivity contribution >= 4 is 47.1 Å². The monoisotopic (exact) mass is 425 g/mol. The molecule has 2 aromatic rings. The molecular weight excluding hydrogens is 414 g/mol. The normalized spacial score (nSPS) is 11.9. The lowest BCUT2D eigenvalue weighted by molar-refractivity contribution is -0.141. The van der Waals surface area contributed by atoms with Crippen molar-refractivity contribution in [3.63, 3.8) is 0 Å². The van der Waals surface area contributed by atoms with Gasteiger partial charge in [-0.3, -0.25) is 4.68 Å². The van der Waals surface area contributed by atoms with E-state index in [-0.39, 0.29) is 10.6 Å². The van der Waals surface area contributed by atoms with Crippen LogP contribution in [0.5, 0.6) is 0 Å². The standard InChI is InChI=1S/C15H12Cl2F3N3O2S/c1-23-14(26-8-9-4-2-3-5-11(9)17)10(7-21-25-12(24)6-16)13(22-23)15(18,19)20/h2-5,7H,6,8H2,1H3/b21-7-. The molecule has 140 valence electrons. The molecule has 1 aromatic heterocycles. The number of nitrogens with zero attached hydrogens (tertiary/aromatic N) is 3. The number of thioether (sulfide) groups is 1. The lowest BCUT2D eigenvalue weighted by atomic mass is 10.2. The van der Waals surface area contributed by atoms with Gasteiger partial charge in [0.2, 0.25) is 0 Å². The molecule has 0 radical (unpaired) electrons. The lowest BCUT2D eigenvalue weighted by Crippen LogP contribution is -2.09. The molecule has 1 aromatic carbocycles. The third-order valence-corrected chi connectivity index (χ3v) is 4.87. The Balaban J connectivity index is 2.33. The summed E-state index contributed by atoms with van der Waals surface area (Å²) in [6.45, 7) is 0. The quantitative estimate of drug-likeness (QED) is 0.225. The van der Waals surface area contributed by atoms with Crippen molar-refractivity contribution in [2.24, 2.45) is 12.2 Å². The highest BCUT2D eigenvalue weighted by Crippen LogP contribution is 2.36. The van der Waals surface area contributed by atoms with Gasteiger partial charge in [0.15, 0.2) is 5.69 Å². The first-order valence-electron chi connectivity index (χ1n) is 7.03. The molecule has 0 N–H and O–H groups in total. The highest BCUT2D eigenvalue weighted by molar-refractivity contribution is 7.98. The van der Waals surface area contributed by atoms with Gasteiger partial charge in [0, 0.05) is 17.8 Å². The number of carbonyl (C=O) groups is 1. The third kappa shape index (κ3) is 5.15. The van der Waals surface area contributed by atoms with Crippen LogP contribution in [0.3, 0.4) is 0 Å². The van der Waals surface area contributed by atoms with E-state index in [0.29, 0.717) is 10.8 Å². The average Bonchev–Trinajstić information content (AvgIpc) is 2.90. The Morgan fingerprint density at radius 3 is 2.73 bits per heavy atom. The van der Waals surface area contributed by atoms with E-state index in [9.17, 15) is 18.0 Å². The van der Waals surface area contributed by atoms with Gasteiger partial charge in [-0.2, -0.15) is 18.3 Å². The first-order valence-corrected chi connectivity index (χ1v) is 8.93. The smallest absolute Gasteiger partial charge is 0.317 e. The largest absolute Gasteiger partial charge is 0.435 e. The molecule has 0 aliphatic carbocycles. The number of alkyl halides is 4. The second-order valence-electron chi connectivity index (χ2n) is 4.90. The van der Waals surface area contributed by atoms with Crippen molar-refractivity contribution < 1.29 is 22.8 Å². The summed E-state index contributed by atoms with van der Waals surface area (Å²) in [6.07, 6.45) is -3.89. The molecule has 0 fully saturated rings. The Hall–Kier alpha value is -1.71. The summed E-state index contributed by atoms with van der Waals surface area (Å²) >= 11 is 12.4. The topological polar surface area (TPSA) is 56.5 Å². The Labute approximate surface area is 161 Å². The molecule has 0 atom stereocenters. The van der Waals surface area contributed by atoms with Crippen molar-refractivity contribution in [3.8, 4) is 0 Å². The van der Waals surface area contributed by atoms with Gasteiger partial charge in [-0.25, -0.2) is 4.79 Å². The number of halogens is 5. The fraction of sp³-hybridized carbons (Fsp3) is 0.267. The fourth-order valence-corrected chi connectivity index (χ4v) is 3.35. The molecule has 0 spiro atoms. The van der Waals surface area contributed by atoms with Crippen LogP contribution in [0.2, 0.25) is 5.02 Å². The van der Waals surface area contributed by atoms with Crippen molar-refractivity contribution in [2.45, 2.75) is 17.0 Å². The maximum absolute atomic E-state index is 13.2. The highest BCUT2D eigenvalue weighted by atomic mass is 35.5. The van der Waals surface area contributed by atoms with Crippen LogP contribution in [0.4, 0.5) is 13.2 Å². The summed E-state index contributed by atoms with van der Waals surface area (Å²) in [7, 11) is 1.38. The minimum atomic E-state index is -4.70. The van der Waals surface area contributed by atoms with Crippen LogP contribution in [0, 0.1) is 0 Å². The van der Waals surface area contributed by atoms with Gasteiger partial charge in [-0.1, -0.05) is 35.0 Å². The molecule has 11 heteroatoms. The zero-order chi connectivity index (χ0) is 19.3. The SMILES string of the molecule is Cn1nc(C(F)(F)F)c(/C=N\OC(=O)CCl)c1SCc1ccccc1Cl. The first kappa shape index (κ1) is 20.6. The van der Waals surface area contributed by atoms with Crippen LogP contribution in [0.15, 0.2) is 34.4 Å². The van der Waals surface area contributed by atoms with Crippen molar-refractivity contribution in [1.82, 2.24) is 9.78 Å². The van der Waals surface area contributed by atoms with Gasteiger partial charge in [0.05, 0.1) is 11.8 Å². The highest BCUT2D eigenvalue weighted by Gasteiger charge is 2.38. The van der Waals surface area contributed by atoms with Gasteiger partial charge < -0.3 is 4.84 Å². The van der Waals surface area contributed by atoms with E-state index in [1.54, 1.807) is 24.3 Å². The number of aromatic nitrogens is 2. The van der Waals surface area contributed by atoms with Crippen LogP contribution >= 0.6 is 35.0 Å². The summed E-state index contributed by atoms with van der Waals surface area (Å²) in [5.74, 6) is -1.03. The van der Waals surface area contributed by atoms with Crippen LogP contribution in [-0.4, -0.2) is 27.8 Å². The molecule has 2 rings (SSSR count). The van der Waals surface area contributed by atoms with Crippen molar-refractivity contribution in [2.75, 3.05) is 5.88 Å². The van der Waals surface area contributed by atoms with Crippen molar-refractivity contribution in [3.05, 3.63) is 46.1 Å². The maximum atomic E-state index is 13.2. The summed E-state index contributed by atoms with van der Waals surface area (Å²) in [5.41, 5.74) is -0.683. The molecule has 0 saturated carbocycles. The molecule has 0 aliphatic heterocycles. The Morgan fingerprint density at radius 1 is 1.42 bits per heavy atom. The lowest BCUT2D eigenvalue weighted by Gasteiger charge is -2.06. The van der Waals surface area contributed by atoms with E-state index in [1.807, 2.05) is 0 Å². The molecule has 5 nitrogen and oxygen atoms in total. The second kappa shape index (κ2) is 8.79. The predicted octanol–water partition coefficient (Wildman–Crippen LogP) is 4.50. The zero-order valence-electron chi connectivity index (χ0n) is 13.3. The summed E-state index contributed by atoms with van der Waals surface area (Å²) < 4.78 is 40.8. The Morgan fingerprint density at radius 2 is 2.12 bits per heavy atom. The van der Waals surface area contributed by atoms with Gasteiger partial charge in [-0.15, -0.1) is 23.4 Å². The molecule has 1 heterocycles. The molecule has 0 saturated heterocycles. The molecule has 0 unspecified atom stereocenters. The van der Waals surface area contributed by atoms with Crippen molar-refractivity contribution in [1.29, 1.82) is 0 Å². The number of oxime groups is 1. The third-order valence-electron chi connectivity index (χ3n) is 3.07. The molecule has 0 bridgehead atoms. The second-order valence-corrected chi connectivity index (χ2v) is 6.54. The zero-order valence-corrected chi connectivity index (χ0v) is 15.6. The van der Waals surface area contributed by atoms with Gasteiger partial charge >= 0.3 is 12.1 Å². The van der Waals surface area contributed by atoms with Gasteiger partial charge in [0.25, 0.3) is 0 Å². The average molecular weight is 426 g/mol. The number of benzene rings is 1. The van der Waals surface area contributed by atoms with E-state index in [1.165, 1.54) is 7.05 Å².